The van der Waals surface area contributed by atoms with Gasteiger partial charge in [0.1, 0.15) is 18.1 Å². The molecule has 0 unspecified atom stereocenters. The summed E-state index contributed by atoms with van der Waals surface area (Å²) in [4.78, 5) is 17.7. The number of nitrogens with zero attached hydrogens (tertiary/aromatic N) is 4. The van der Waals surface area contributed by atoms with Crippen molar-refractivity contribution in [3.63, 3.8) is 0 Å². The zero-order valence-electron chi connectivity index (χ0n) is 12.2. The molecular weight excluding hydrogens is 362 g/mol. The zero-order valence-corrected chi connectivity index (χ0v) is 12.2. The van der Waals surface area contributed by atoms with Crippen molar-refractivity contribution in [2.45, 2.75) is 25.8 Å². The Morgan fingerprint density at radius 3 is 2.36 bits per heavy atom. The third kappa shape index (κ3) is 4.36. The van der Waals surface area contributed by atoms with Crippen LogP contribution in [-0.4, -0.2) is 31.0 Å². The highest BCUT2D eigenvalue weighted by Crippen LogP contribution is 2.35. The first kappa shape index (κ1) is 18.5. The third-order valence-electron chi connectivity index (χ3n) is 2.83. The van der Waals surface area contributed by atoms with Gasteiger partial charge in [-0.3, -0.25) is 4.68 Å². The summed E-state index contributed by atoms with van der Waals surface area (Å²) in [5.41, 5.74) is -3.35. The molecule has 2 rings (SSSR count). The summed E-state index contributed by atoms with van der Waals surface area (Å²) in [6.45, 7) is 0.484. The molecule has 13 heteroatoms. The molecule has 0 spiro atoms. The van der Waals surface area contributed by atoms with Crippen LogP contribution in [0.4, 0.5) is 31.1 Å². The van der Waals surface area contributed by atoms with Gasteiger partial charge in [-0.2, -0.15) is 31.4 Å². The van der Waals surface area contributed by atoms with Crippen LogP contribution in [0.15, 0.2) is 12.3 Å². The second-order valence-corrected chi connectivity index (χ2v) is 4.67. The van der Waals surface area contributed by atoms with Gasteiger partial charge >= 0.3 is 18.5 Å². The highest BCUT2D eigenvalue weighted by Gasteiger charge is 2.41. The maximum absolute atomic E-state index is 12.9. The van der Waals surface area contributed by atoms with Crippen LogP contribution in [0.2, 0.25) is 0 Å². The number of hydrogen-bond acceptors (Lipinski definition) is 5. The Hall–Kier alpha value is -2.86. The zero-order chi connectivity index (χ0) is 19.0. The van der Waals surface area contributed by atoms with E-state index in [2.05, 4.69) is 19.8 Å². The molecule has 0 bridgehead atoms. The first-order valence-electron chi connectivity index (χ1n) is 6.33. The van der Waals surface area contributed by atoms with Crippen molar-refractivity contribution in [2.75, 3.05) is 0 Å². The van der Waals surface area contributed by atoms with Gasteiger partial charge in [0.15, 0.2) is 11.4 Å². The molecule has 2 heterocycles. The average Bonchev–Trinajstić information content (AvgIpc) is 2.85. The fourth-order valence-corrected chi connectivity index (χ4v) is 1.81. The molecule has 0 fully saturated rings. The van der Waals surface area contributed by atoms with Crippen molar-refractivity contribution in [2.24, 2.45) is 0 Å². The Balaban J connectivity index is 2.38. The van der Waals surface area contributed by atoms with E-state index >= 15 is 0 Å². The molecular formula is C12H8F6N4O3. The first-order valence-corrected chi connectivity index (χ1v) is 6.33. The molecule has 2 aromatic rings. The van der Waals surface area contributed by atoms with E-state index in [4.69, 9.17) is 5.11 Å². The summed E-state index contributed by atoms with van der Waals surface area (Å²) in [5.74, 6) is -0.568. The normalized spacial score (nSPS) is 12.3. The van der Waals surface area contributed by atoms with E-state index in [0.29, 0.717) is 0 Å². The van der Waals surface area contributed by atoms with Gasteiger partial charge in [-0.1, -0.05) is 0 Å². The molecule has 0 amide bonds. The Bertz CT molecular complexity index is 799. The molecule has 0 aliphatic heterocycles. The van der Waals surface area contributed by atoms with Crippen LogP contribution in [0, 0.1) is 6.92 Å². The minimum Gasteiger partial charge on any atom is -0.449 e. The molecule has 25 heavy (non-hydrogen) atoms. The van der Waals surface area contributed by atoms with E-state index in [1.165, 1.54) is 6.92 Å². The summed E-state index contributed by atoms with van der Waals surface area (Å²) < 4.78 is 80.9. The lowest BCUT2D eigenvalue weighted by atomic mass is 10.3. The number of aryl methyl sites for hydroxylation is 1. The molecule has 7 nitrogen and oxygen atoms in total. The van der Waals surface area contributed by atoms with E-state index in [9.17, 15) is 31.1 Å². The van der Waals surface area contributed by atoms with Crippen LogP contribution in [0.3, 0.4) is 0 Å². The largest absolute Gasteiger partial charge is 0.511 e. The number of carbonyl (C=O) groups is 1. The number of alkyl halides is 6. The quantitative estimate of drug-likeness (QED) is 0.660. The SMILES string of the molecule is Cc1nc(Cn2nc(C(F)(F)F)cc2C(F)(F)F)ncc1OC(=O)O. The summed E-state index contributed by atoms with van der Waals surface area (Å²) in [6.07, 6.45) is -10.9. The molecule has 136 valence electrons. The van der Waals surface area contributed by atoms with E-state index < -0.39 is 36.4 Å². The van der Waals surface area contributed by atoms with Gasteiger partial charge in [0.25, 0.3) is 0 Å². The standard InChI is InChI=1S/C12H8F6N4O3/c1-5-6(25-10(23)24)3-19-9(20-5)4-22-8(12(16,17)18)2-7(21-22)11(13,14)15/h2-3H,4H2,1H3,(H,23,24). The smallest absolute Gasteiger partial charge is 0.449 e. The van der Waals surface area contributed by atoms with Crippen molar-refractivity contribution < 1.29 is 41.0 Å². The van der Waals surface area contributed by atoms with E-state index in [0.717, 1.165) is 6.20 Å². The van der Waals surface area contributed by atoms with Crippen LogP contribution in [0.5, 0.6) is 5.75 Å². The maximum Gasteiger partial charge on any atom is 0.511 e. The van der Waals surface area contributed by atoms with Gasteiger partial charge in [-0.25, -0.2) is 14.8 Å². The second kappa shape index (κ2) is 6.22. The average molecular weight is 370 g/mol. The van der Waals surface area contributed by atoms with Gasteiger partial charge in [-0.15, -0.1) is 0 Å². The van der Waals surface area contributed by atoms with E-state index in [1.54, 1.807) is 0 Å². The van der Waals surface area contributed by atoms with Crippen molar-refractivity contribution in [1.29, 1.82) is 0 Å². The summed E-state index contributed by atoms with van der Waals surface area (Å²) in [5, 5.41) is 11.4. The van der Waals surface area contributed by atoms with Gasteiger partial charge in [-0.05, 0) is 6.92 Å². The molecule has 0 aromatic carbocycles. The van der Waals surface area contributed by atoms with Crippen molar-refractivity contribution in [3.05, 3.63) is 35.2 Å². The Labute approximate surface area is 134 Å². The lowest BCUT2D eigenvalue weighted by Gasteiger charge is -2.10. The lowest BCUT2D eigenvalue weighted by molar-refractivity contribution is -0.144. The van der Waals surface area contributed by atoms with Crippen LogP contribution < -0.4 is 4.74 Å². The van der Waals surface area contributed by atoms with Crippen LogP contribution >= 0.6 is 0 Å². The highest BCUT2D eigenvalue weighted by atomic mass is 19.4. The fraction of sp³-hybridized carbons (Fsp3) is 0.333. The molecule has 2 aromatic heterocycles. The first-order chi connectivity index (χ1) is 11.4. The topological polar surface area (TPSA) is 90.1 Å². The highest BCUT2D eigenvalue weighted by molar-refractivity contribution is 5.61. The number of rotatable bonds is 3. The Morgan fingerprint density at radius 1 is 1.24 bits per heavy atom. The van der Waals surface area contributed by atoms with E-state index in [-0.39, 0.29) is 28.0 Å². The molecule has 0 radical (unpaired) electrons. The molecule has 0 aliphatic carbocycles. The maximum atomic E-state index is 12.9. The van der Waals surface area contributed by atoms with Crippen molar-refractivity contribution >= 4 is 6.16 Å². The van der Waals surface area contributed by atoms with Gasteiger partial charge < -0.3 is 9.84 Å². The van der Waals surface area contributed by atoms with Gasteiger partial charge in [0.2, 0.25) is 0 Å². The number of halogens is 6. The summed E-state index contributed by atoms with van der Waals surface area (Å²) in [7, 11) is 0. The molecule has 1 N–H and O–H groups in total. The summed E-state index contributed by atoms with van der Waals surface area (Å²) >= 11 is 0. The number of ether oxygens (including phenoxy) is 1. The van der Waals surface area contributed by atoms with Crippen molar-refractivity contribution in [1.82, 2.24) is 19.7 Å². The molecule has 0 aliphatic rings. The fourth-order valence-electron chi connectivity index (χ4n) is 1.81. The third-order valence-corrected chi connectivity index (χ3v) is 2.83. The van der Waals surface area contributed by atoms with Gasteiger partial charge in [0, 0.05) is 6.07 Å². The van der Waals surface area contributed by atoms with Crippen LogP contribution in [0.25, 0.3) is 0 Å². The predicted octanol–water partition coefficient (Wildman–Crippen LogP) is 3.12. The van der Waals surface area contributed by atoms with Crippen molar-refractivity contribution in [3.8, 4) is 5.75 Å². The predicted molar refractivity (Wildman–Crippen MR) is 66.8 cm³/mol. The number of hydrogen-bond donors (Lipinski definition) is 1. The summed E-state index contributed by atoms with van der Waals surface area (Å²) in [6, 6.07) is -0.116. The second-order valence-electron chi connectivity index (χ2n) is 4.67. The molecule has 0 saturated carbocycles. The Kier molecular flexibility index (Phi) is 4.59. The minimum atomic E-state index is -5.07. The number of carboxylic acid groups (broad SMARTS) is 1. The van der Waals surface area contributed by atoms with Crippen LogP contribution in [0.1, 0.15) is 22.9 Å². The molecule has 0 atom stereocenters. The number of aromatic nitrogens is 4. The molecule has 0 saturated heterocycles. The monoisotopic (exact) mass is 370 g/mol. The lowest BCUT2D eigenvalue weighted by Crippen LogP contribution is -2.17. The van der Waals surface area contributed by atoms with E-state index in [1.807, 2.05) is 0 Å². The van der Waals surface area contributed by atoms with Gasteiger partial charge in [0.05, 0.1) is 11.9 Å². The Morgan fingerprint density at radius 2 is 1.88 bits per heavy atom. The minimum absolute atomic E-state index is 0.0239. The van der Waals surface area contributed by atoms with Crippen LogP contribution in [-0.2, 0) is 18.9 Å².